The molecule has 5 nitrogen and oxygen atoms in total. The van der Waals surface area contributed by atoms with E-state index in [0.29, 0.717) is 6.42 Å². The van der Waals surface area contributed by atoms with Crippen LogP contribution in [0.3, 0.4) is 0 Å². The summed E-state index contributed by atoms with van der Waals surface area (Å²) in [5.74, 6) is -1.13. The summed E-state index contributed by atoms with van der Waals surface area (Å²) in [6.07, 6.45) is 5.39. The van der Waals surface area contributed by atoms with Crippen molar-refractivity contribution in [1.29, 1.82) is 0 Å². The highest BCUT2D eigenvalue weighted by Crippen LogP contribution is 2.20. The van der Waals surface area contributed by atoms with Crippen LogP contribution >= 0.6 is 0 Å². The lowest BCUT2D eigenvalue weighted by molar-refractivity contribution is -0.133. The molecular formula is C16H19FN2O3. The van der Waals surface area contributed by atoms with Crippen LogP contribution in [-0.2, 0) is 9.59 Å². The molecule has 0 fully saturated rings. The van der Waals surface area contributed by atoms with Gasteiger partial charge in [-0.3, -0.25) is 20.4 Å². The quantitative estimate of drug-likeness (QED) is 0.646. The first-order valence-corrected chi connectivity index (χ1v) is 7.23. The van der Waals surface area contributed by atoms with Gasteiger partial charge in [0, 0.05) is 6.42 Å². The van der Waals surface area contributed by atoms with Gasteiger partial charge in [0.2, 0.25) is 5.91 Å². The summed E-state index contributed by atoms with van der Waals surface area (Å²) in [5, 5.41) is 0. The lowest BCUT2D eigenvalue weighted by Crippen LogP contribution is -2.47. The van der Waals surface area contributed by atoms with E-state index in [-0.39, 0.29) is 17.6 Å². The van der Waals surface area contributed by atoms with Crippen molar-refractivity contribution in [2.45, 2.75) is 32.3 Å². The predicted molar refractivity (Wildman–Crippen MR) is 79.3 cm³/mol. The van der Waals surface area contributed by atoms with Crippen LogP contribution in [0.1, 0.15) is 26.2 Å². The molecule has 0 saturated carbocycles. The Morgan fingerprint density at radius 3 is 2.82 bits per heavy atom. The Hall–Kier alpha value is -2.37. The van der Waals surface area contributed by atoms with Gasteiger partial charge in [-0.1, -0.05) is 24.3 Å². The number of allylic oxidation sites excluding steroid dienone is 2. The van der Waals surface area contributed by atoms with E-state index in [4.69, 9.17) is 4.74 Å². The van der Waals surface area contributed by atoms with Crippen molar-refractivity contribution in [1.82, 2.24) is 10.9 Å². The van der Waals surface area contributed by atoms with Crippen LogP contribution in [0.25, 0.3) is 0 Å². The minimum absolute atomic E-state index is 0.00688. The lowest BCUT2D eigenvalue weighted by Gasteiger charge is -2.16. The molecule has 2 amide bonds. The minimum Gasteiger partial charge on any atom is -0.478 e. The minimum atomic E-state index is -0.927. The number of hydrogen-bond donors (Lipinski definition) is 2. The van der Waals surface area contributed by atoms with Gasteiger partial charge < -0.3 is 4.74 Å². The smallest absolute Gasteiger partial charge is 0.279 e. The van der Waals surface area contributed by atoms with Crippen LogP contribution in [0.2, 0.25) is 0 Å². The van der Waals surface area contributed by atoms with E-state index in [1.54, 1.807) is 6.07 Å². The molecule has 0 spiro atoms. The Labute approximate surface area is 128 Å². The van der Waals surface area contributed by atoms with Crippen molar-refractivity contribution in [3.8, 4) is 5.75 Å². The predicted octanol–water partition coefficient (Wildman–Crippen LogP) is 2.10. The molecule has 1 aliphatic carbocycles. The van der Waals surface area contributed by atoms with E-state index < -0.39 is 17.8 Å². The van der Waals surface area contributed by atoms with E-state index in [9.17, 15) is 14.0 Å². The second-order valence-corrected chi connectivity index (χ2v) is 5.20. The Kier molecular flexibility index (Phi) is 5.52. The summed E-state index contributed by atoms with van der Waals surface area (Å²) < 4.78 is 18.6. The number of benzene rings is 1. The summed E-state index contributed by atoms with van der Waals surface area (Å²) in [4.78, 5) is 23.5. The first-order valence-electron chi connectivity index (χ1n) is 7.23. The topological polar surface area (TPSA) is 67.4 Å². The third kappa shape index (κ3) is 4.58. The number of carbonyl (C=O) groups excluding carboxylic acids is 2. The molecule has 118 valence electrons. The molecule has 2 N–H and O–H groups in total. The van der Waals surface area contributed by atoms with Gasteiger partial charge in [0.1, 0.15) is 0 Å². The molecule has 6 heteroatoms. The average molecular weight is 306 g/mol. The van der Waals surface area contributed by atoms with Crippen molar-refractivity contribution in [3.05, 3.63) is 42.2 Å². The van der Waals surface area contributed by atoms with Crippen molar-refractivity contribution >= 4 is 11.8 Å². The molecular weight excluding hydrogens is 287 g/mol. The number of nitrogens with one attached hydrogen (secondary N) is 2. The van der Waals surface area contributed by atoms with Gasteiger partial charge >= 0.3 is 0 Å². The Morgan fingerprint density at radius 2 is 2.14 bits per heavy atom. The van der Waals surface area contributed by atoms with Crippen molar-refractivity contribution in [2.75, 3.05) is 0 Å². The molecule has 0 aliphatic heterocycles. The number of halogens is 1. The fourth-order valence-corrected chi connectivity index (χ4v) is 2.17. The zero-order valence-corrected chi connectivity index (χ0v) is 12.3. The first kappa shape index (κ1) is 16.0. The molecule has 0 bridgehead atoms. The van der Waals surface area contributed by atoms with Crippen molar-refractivity contribution in [2.24, 2.45) is 5.92 Å². The van der Waals surface area contributed by atoms with Gasteiger partial charge in [-0.15, -0.1) is 0 Å². The van der Waals surface area contributed by atoms with E-state index in [2.05, 4.69) is 10.9 Å². The van der Waals surface area contributed by atoms with Crippen LogP contribution in [0.5, 0.6) is 5.75 Å². The molecule has 0 radical (unpaired) electrons. The maximum atomic E-state index is 13.4. The third-order valence-electron chi connectivity index (χ3n) is 3.39. The average Bonchev–Trinajstić information content (AvgIpc) is 3.00. The fourth-order valence-electron chi connectivity index (χ4n) is 2.17. The molecule has 1 aromatic rings. The summed E-state index contributed by atoms with van der Waals surface area (Å²) in [7, 11) is 0. The summed E-state index contributed by atoms with van der Waals surface area (Å²) in [6, 6.07) is 5.82. The van der Waals surface area contributed by atoms with Gasteiger partial charge in [0.15, 0.2) is 17.7 Å². The van der Waals surface area contributed by atoms with Crippen LogP contribution < -0.4 is 15.6 Å². The van der Waals surface area contributed by atoms with Crippen LogP contribution in [0, 0.1) is 11.7 Å². The van der Waals surface area contributed by atoms with Crippen molar-refractivity contribution in [3.63, 3.8) is 0 Å². The molecule has 2 rings (SSSR count). The fraction of sp³-hybridized carbons (Fsp3) is 0.375. The van der Waals surface area contributed by atoms with E-state index in [1.165, 1.54) is 25.1 Å². The summed E-state index contributed by atoms with van der Waals surface area (Å²) in [6.45, 7) is 1.48. The van der Waals surface area contributed by atoms with Crippen LogP contribution in [0.4, 0.5) is 4.39 Å². The molecule has 1 aliphatic rings. The number of carbonyl (C=O) groups is 2. The summed E-state index contributed by atoms with van der Waals surface area (Å²) >= 11 is 0. The molecule has 0 saturated heterocycles. The largest absolute Gasteiger partial charge is 0.478 e. The zero-order chi connectivity index (χ0) is 15.9. The van der Waals surface area contributed by atoms with Gasteiger partial charge in [-0.25, -0.2) is 4.39 Å². The third-order valence-corrected chi connectivity index (χ3v) is 3.39. The SMILES string of the molecule is C[C@@H](Oc1ccccc1F)C(=O)NNC(=O)C[C@H]1C=CCC1. The Morgan fingerprint density at radius 1 is 1.36 bits per heavy atom. The van der Waals surface area contributed by atoms with Gasteiger partial charge in [-0.05, 0) is 37.8 Å². The summed E-state index contributed by atoms with van der Waals surface area (Å²) in [5.41, 5.74) is 4.63. The molecule has 2 atom stereocenters. The number of hydrogen-bond acceptors (Lipinski definition) is 3. The normalized spacial score (nSPS) is 17.8. The van der Waals surface area contributed by atoms with E-state index >= 15 is 0 Å². The second kappa shape index (κ2) is 7.59. The van der Waals surface area contributed by atoms with Gasteiger partial charge in [-0.2, -0.15) is 0 Å². The maximum absolute atomic E-state index is 13.4. The highest BCUT2D eigenvalue weighted by molar-refractivity contribution is 5.84. The van der Waals surface area contributed by atoms with Gasteiger partial charge in [0.05, 0.1) is 0 Å². The highest BCUT2D eigenvalue weighted by atomic mass is 19.1. The standard InChI is InChI=1S/C16H19FN2O3/c1-11(22-14-9-5-4-8-13(14)17)16(21)19-18-15(20)10-12-6-2-3-7-12/h2,4-6,8-9,11-12H,3,7,10H2,1H3,(H,18,20)(H,19,21)/t11-,12+/m1/s1. The first-order chi connectivity index (χ1) is 10.6. The van der Waals surface area contributed by atoms with E-state index in [1.807, 2.05) is 12.2 Å². The number of ether oxygens (including phenoxy) is 1. The number of rotatable bonds is 5. The van der Waals surface area contributed by atoms with Crippen LogP contribution in [0.15, 0.2) is 36.4 Å². The van der Waals surface area contributed by atoms with Gasteiger partial charge in [0.25, 0.3) is 5.91 Å². The molecule has 0 aromatic heterocycles. The van der Waals surface area contributed by atoms with E-state index in [0.717, 1.165) is 12.8 Å². The monoisotopic (exact) mass is 306 g/mol. The van der Waals surface area contributed by atoms with Crippen molar-refractivity contribution < 1.29 is 18.7 Å². The Bertz CT molecular complexity index is 574. The molecule has 0 unspecified atom stereocenters. The molecule has 22 heavy (non-hydrogen) atoms. The molecule has 0 heterocycles. The maximum Gasteiger partial charge on any atom is 0.279 e. The zero-order valence-electron chi connectivity index (χ0n) is 12.3. The highest BCUT2D eigenvalue weighted by Gasteiger charge is 2.18. The lowest BCUT2D eigenvalue weighted by atomic mass is 10.1. The second-order valence-electron chi connectivity index (χ2n) is 5.20. The number of amides is 2. The number of hydrazine groups is 1. The molecule has 1 aromatic carbocycles. The number of para-hydroxylation sites is 1. The Balaban J connectivity index is 1.75. The van der Waals surface area contributed by atoms with Crippen LogP contribution in [-0.4, -0.2) is 17.9 Å².